The molecule has 0 amide bonds. The molecule has 1 atom stereocenters. The molecule has 0 heterocycles. The Kier molecular flexibility index (Phi) is 36.2. The minimum Gasteiger partial charge on any atom is -0.550 e. The van der Waals surface area contributed by atoms with Gasteiger partial charge < -0.3 is 30.3 Å². The van der Waals surface area contributed by atoms with Crippen LogP contribution < -0.4 is 56.5 Å². The fourth-order valence-corrected chi connectivity index (χ4v) is 4.42. The van der Waals surface area contributed by atoms with Gasteiger partial charge in [0.15, 0.2) is 5.60 Å². The van der Waals surface area contributed by atoms with Crippen molar-refractivity contribution in [2.45, 2.75) is 167 Å². The number of carbonyl (C=O) groups excluding carboxylic acids is 1. The zero-order valence-electron chi connectivity index (χ0n) is 25.1. The molecular formula is C30H57KO8. The van der Waals surface area contributed by atoms with E-state index in [-0.39, 0.29) is 51.4 Å². The average Bonchev–Trinajstić information content (AvgIpc) is 2.84. The van der Waals surface area contributed by atoms with Crippen LogP contribution in [-0.2, 0) is 14.4 Å². The summed E-state index contributed by atoms with van der Waals surface area (Å²) < 4.78 is 0. The van der Waals surface area contributed by atoms with E-state index in [2.05, 4.69) is 6.92 Å². The SMILES string of the molecule is CCCCCCCCCCCCCCCCCCCCCCCCO.O=C([O-])CC(O)(CC(=O)O)C(=O)O.[K+]. The number of carboxylic acid groups (broad SMARTS) is 3. The normalized spacial score (nSPS) is 12.1. The third-order valence-electron chi connectivity index (χ3n) is 6.79. The first-order valence-corrected chi connectivity index (χ1v) is 15.2. The molecule has 0 fully saturated rings. The molecular weight excluding hydrogens is 527 g/mol. The van der Waals surface area contributed by atoms with Gasteiger partial charge in [0.1, 0.15) is 0 Å². The summed E-state index contributed by atoms with van der Waals surface area (Å²) in [6, 6.07) is 0. The van der Waals surface area contributed by atoms with Gasteiger partial charge in [-0.15, -0.1) is 0 Å². The van der Waals surface area contributed by atoms with Crippen LogP contribution >= 0.6 is 0 Å². The predicted molar refractivity (Wildman–Crippen MR) is 149 cm³/mol. The number of hydrogen-bond donors (Lipinski definition) is 4. The molecule has 0 aromatic heterocycles. The number of aliphatic hydroxyl groups excluding tert-OH is 1. The fraction of sp³-hybridized carbons (Fsp3) is 0.900. The molecule has 8 nitrogen and oxygen atoms in total. The van der Waals surface area contributed by atoms with Crippen molar-refractivity contribution in [2.75, 3.05) is 6.61 Å². The van der Waals surface area contributed by atoms with Gasteiger partial charge in [0, 0.05) is 19.0 Å². The number of aliphatic carboxylic acids is 3. The van der Waals surface area contributed by atoms with Crippen LogP contribution in [0.5, 0.6) is 0 Å². The Morgan fingerprint density at radius 3 is 1.05 bits per heavy atom. The molecule has 0 saturated carbocycles. The monoisotopic (exact) mass is 584 g/mol. The standard InChI is InChI=1S/C24H50O.C6H8O7.K/c1-2-3-4-5-6-7-8-9-10-11-12-13-14-15-16-17-18-19-20-21-22-23-24-25;7-3(8)1-6(13,5(11)12)2-4(9)10;/h25H,2-24H2,1H3;13H,1-2H2,(H,7,8)(H,9,10)(H,11,12);/q;;+1/p-1. The molecule has 0 saturated heterocycles. The van der Waals surface area contributed by atoms with E-state index in [0.717, 1.165) is 6.42 Å². The zero-order chi connectivity index (χ0) is 28.9. The van der Waals surface area contributed by atoms with E-state index in [0.29, 0.717) is 6.61 Å². The Hall–Kier alpha value is -0.0336. The molecule has 0 aromatic carbocycles. The van der Waals surface area contributed by atoms with E-state index < -0.39 is 36.4 Å². The van der Waals surface area contributed by atoms with Crippen molar-refractivity contribution >= 4 is 17.9 Å². The fourth-order valence-electron chi connectivity index (χ4n) is 4.42. The number of aliphatic hydroxyl groups is 2. The van der Waals surface area contributed by atoms with Crippen LogP contribution in [0.15, 0.2) is 0 Å². The van der Waals surface area contributed by atoms with E-state index in [9.17, 15) is 19.5 Å². The number of carbonyl (C=O) groups is 3. The summed E-state index contributed by atoms with van der Waals surface area (Å²) in [6.07, 6.45) is 28.7. The molecule has 0 aromatic rings. The maximum absolute atomic E-state index is 10.3. The second-order valence-electron chi connectivity index (χ2n) is 10.6. The van der Waals surface area contributed by atoms with E-state index in [4.69, 9.17) is 20.4 Å². The van der Waals surface area contributed by atoms with Crippen molar-refractivity contribution in [3.05, 3.63) is 0 Å². The van der Waals surface area contributed by atoms with Gasteiger partial charge in [-0.2, -0.15) is 0 Å². The van der Waals surface area contributed by atoms with Gasteiger partial charge in [-0.25, -0.2) is 4.79 Å². The summed E-state index contributed by atoms with van der Waals surface area (Å²) in [5.41, 5.74) is -2.80. The largest absolute Gasteiger partial charge is 1.00 e. The van der Waals surface area contributed by atoms with Crippen molar-refractivity contribution in [1.82, 2.24) is 0 Å². The maximum Gasteiger partial charge on any atom is 1.00 e. The molecule has 0 aliphatic heterocycles. The zero-order valence-corrected chi connectivity index (χ0v) is 28.2. The average molecular weight is 585 g/mol. The van der Waals surface area contributed by atoms with E-state index in [1.54, 1.807) is 0 Å². The van der Waals surface area contributed by atoms with Gasteiger partial charge in [-0.05, 0) is 6.42 Å². The second kappa shape index (κ2) is 32.5. The van der Waals surface area contributed by atoms with Crippen molar-refractivity contribution in [2.24, 2.45) is 0 Å². The smallest absolute Gasteiger partial charge is 0.550 e. The first kappa shape index (κ1) is 43.4. The van der Waals surface area contributed by atoms with E-state index in [1.165, 1.54) is 135 Å². The van der Waals surface area contributed by atoms with Gasteiger partial charge in [-0.1, -0.05) is 142 Å². The van der Waals surface area contributed by atoms with Crippen LogP contribution in [0.1, 0.15) is 161 Å². The first-order valence-electron chi connectivity index (χ1n) is 15.2. The number of unbranched alkanes of at least 4 members (excludes halogenated alkanes) is 21. The third-order valence-corrected chi connectivity index (χ3v) is 6.79. The summed E-state index contributed by atoms with van der Waals surface area (Å²) in [6.45, 7) is 2.67. The van der Waals surface area contributed by atoms with Crippen molar-refractivity contribution in [1.29, 1.82) is 0 Å². The summed E-state index contributed by atoms with van der Waals surface area (Å²) in [4.78, 5) is 30.3. The van der Waals surface area contributed by atoms with Gasteiger partial charge in [0.25, 0.3) is 0 Å². The van der Waals surface area contributed by atoms with Gasteiger partial charge in [0.05, 0.1) is 6.42 Å². The van der Waals surface area contributed by atoms with Crippen LogP contribution in [0.2, 0.25) is 0 Å². The molecule has 0 bridgehead atoms. The molecule has 39 heavy (non-hydrogen) atoms. The van der Waals surface area contributed by atoms with Crippen LogP contribution in [0.25, 0.3) is 0 Å². The van der Waals surface area contributed by atoms with Crippen molar-refractivity contribution in [3.63, 3.8) is 0 Å². The third kappa shape index (κ3) is 34.1. The Morgan fingerprint density at radius 1 is 0.564 bits per heavy atom. The van der Waals surface area contributed by atoms with Crippen LogP contribution in [-0.4, -0.2) is 50.5 Å². The van der Waals surface area contributed by atoms with Crippen LogP contribution in [0.3, 0.4) is 0 Å². The molecule has 0 aliphatic rings. The topological polar surface area (TPSA) is 155 Å². The van der Waals surface area contributed by atoms with Gasteiger partial charge in [-0.3, -0.25) is 4.79 Å². The van der Waals surface area contributed by atoms with Crippen LogP contribution in [0.4, 0.5) is 0 Å². The Labute approximate surface area is 280 Å². The molecule has 0 spiro atoms. The quantitative estimate of drug-likeness (QED) is 0.0848. The van der Waals surface area contributed by atoms with Gasteiger partial charge in [0.2, 0.25) is 0 Å². The number of hydrogen-bond acceptors (Lipinski definition) is 6. The Balaban J connectivity index is -0.000000783. The molecule has 0 radical (unpaired) electrons. The van der Waals surface area contributed by atoms with E-state index in [1.807, 2.05) is 0 Å². The minimum absolute atomic E-state index is 0. The molecule has 4 N–H and O–H groups in total. The predicted octanol–water partition coefficient (Wildman–Crippen LogP) is 3.00. The molecule has 0 rings (SSSR count). The molecule has 0 aliphatic carbocycles. The van der Waals surface area contributed by atoms with Crippen molar-refractivity contribution in [3.8, 4) is 0 Å². The van der Waals surface area contributed by atoms with Crippen LogP contribution in [0, 0.1) is 0 Å². The first-order chi connectivity index (χ1) is 18.2. The Morgan fingerprint density at radius 2 is 0.846 bits per heavy atom. The molecule has 226 valence electrons. The number of carboxylic acids is 3. The van der Waals surface area contributed by atoms with Crippen molar-refractivity contribution < 1.29 is 91.3 Å². The maximum atomic E-state index is 10.3. The summed E-state index contributed by atoms with van der Waals surface area (Å²) in [5, 5.41) is 44.2. The van der Waals surface area contributed by atoms with E-state index >= 15 is 0 Å². The molecule has 9 heteroatoms. The summed E-state index contributed by atoms with van der Waals surface area (Å²) in [5.74, 6) is -5.34. The molecule has 1 unspecified atom stereocenters. The summed E-state index contributed by atoms with van der Waals surface area (Å²) >= 11 is 0. The van der Waals surface area contributed by atoms with Gasteiger partial charge >= 0.3 is 63.3 Å². The summed E-state index contributed by atoms with van der Waals surface area (Å²) in [7, 11) is 0. The second-order valence-corrected chi connectivity index (χ2v) is 10.6. The Bertz CT molecular complexity index is 533. The number of rotatable bonds is 27. The minimum atomic E-state index is -2.80.